The van der Waals surface area contributed by atoms with Crippen LogP contribution in [0.2, 0.25) is 0 Å². The van der Waals surface area contributed by atoms with Gasteiger partial charge in [-0.2, -0.15) is 13.2 Å². The topological polar surface area (TPSA) is 12.0 Å². The lowest BCUT2D eigenvalue weighted by atomic mass is 9.99. The average Bonchev–Trinajstić information content (AvgIpc) is 2.39. The fraction of sp³-hybridized carbons (Fsp3) is 0.467. The van der Waals surface area contributed by atoms with Crippen LogP contribution in [-0.4, -0.2) is 6.04 Å². The van der Waals surface area contributed by atoms with Crippen molar-refractivity contribution in [1.29, 1.82) is 0 Å². The molecule has 0 fully saturated rings. The van der Waals surface area contributed by atoms with Crippen LogP contribution in [-0.2, 0) is 6.18 Å². The van der Waals surface area contributed by atoms with Crippen molar-refractivity contribution in [3.63, 3.8) is 0 Å². The highest BCUT2D eigenvalue weighted by atomic mass is 19.4. The minimum Gasteiger partial charge on any atom is -0.307 e. The van der Waals surface area contributed by atoms with Crippen molar-refractivity contribution in [1.82, 2.24) is 5.32 Å². The van der Waals surface area contributed by atoms with Gasteiger partial charge >= 0.3 is 6.18 Å². The van der Waals surface area contributed by atoms with E-state index in [4.69, 9.17) is 0 Å². The van der Waals surface area contributed by atoms with Gasteiger partial charge in [0.1, 0.15) is 0 Å². The van der Waals surface area contributed by atoms with E-state index in [1.54, 1.807) is 6.07 Å². The Kier molecular flexibility index (Phi) is 4.30. The molecule has 0 heterocycles. The second-order valence-corrected chi connectivity index (χ2v) is 4.99. The van der Waals surface area contributed by atoms with Crippen LogP contribution in [0.25, 0.3) is 0 Å². The highest BCUT2D eigenvalue weighted by molar-refractivity contribution is 5.27. The molecule has 0 saturated heterocycles. The lowest BCUT2D eigenvalue weighted by Gasteiger charge is -2.24. The van der Waals surface area contributed by atoms with Crippen molar-refractivity contribution >= 4 is 0 Å². The molecular weight excluding hydrogens is 251 g/mol. The van der Waals surface area contributed by atoms with Crippen LogP contribution in [0.1, 0.15) is 43.4 Å². The second-order valence-electron chi connectivity index (χ2n) is 4.99. The van der Waals surface area contributed by atoms with Gasteiger partial charge in [-0.05, 0) is 43.9 Å². The fourth-order valence-corrected chi connectivity index (χ4v) is 2.38. The number of hydrogen-bond acceptors (Lipinski definition) is 1. The Morgan fingerprint density at radius 3 is 2.68 bits per heavy atom. The number of allylic oxidation sites excluding steroid dienone is 1. The molecule has 1 nitrogen and oxygen atoms in total. The summed E-state index contributed by atoms with van der Waals surface area (Å²) >= 11 is 0. The van der Waals surface area contributed by atoms with Crippen molar-refractivity contribution in [3.8, 4) is 0 Å². The first kappa shape index (κ1) is 14.1. The molecule has 104 valence electrons. The molecule has 1 aliphatic carbocycles. The highest BCUT2D eigenvalue weighted by Gasteiger charge is 2.30. The van der Waals surface area contributed by atoms with Gasteiger partial charge in [0.25, 0.3) is 0 Å². The van der Waals surface area contributed by atoms with Gasteiger partial charge in [0.2, 0.25) is 0 Å². The molecule has 0 radical (unpaired) electrons. The van der Waals surface area contributed by atoms with Crippen LogP contribution in [0.3, 0.4) is 0 Å². The zero-order chi connectivity index (χ0) is 13.9. The quantitative estimate of drug-likeness (QED) is 0.799. The van der Waals surface area contributed by atoms with Gasteiger partial charge in [0.15, 0.2) is 0 Å². The van der Waals surface area contributed by atoms with Gasteiger partial charge < -0.3 is 5.32 Å². The van der Waals surface area contributed by atoms with Crippen LogP contribution >= 0.6 is 0 Å². The Labute approximate surface area is 111 Å². The molecule has 1 aromatic rings. The van der Waals surface area contributed by atoms with E-state index in [1.165, 1.54) is 12.1 Å². The van der Waals surface area contributed by atoms with Crippen LogP contribution in [0.15, 0.2) is 36.4 Å². The van der Waals surface area contributed by atoms with Crippen molar-refractivity contribution in [3.05, 3.63) is 47.5 Å². The molecule has 2 atom stereocenters. The molecule has 1 N–H and O–H groups in total. The van der Waals surface area contributed by atoms with Crippen molar-refractivity contribution in [2.24, 2.45) is 0 Å². The molecule has 19 heavy (non-hydrogen) atoms. The summed E-state index contributed by atoms with van der Waals surface area (Å²) in [5.74, 6) is 0. The third kappa shape index (κ3) is 3.83. The normalized spacial score (nSPS) is 21.4. The van der Waals surface area contributed by atoms with E-state index >= 15 is 0 Å². The predicted molar refractivity (Wildman–Crippen MR) is 69.8 cm³/mol. The summed E-state index contributed by atoms with van der Waals surface area (Å²) in [5, 5.41) is 3.40. The summed E-state index contributed by atoms with van der Waals surface area (Å²) in [6, 6.07) is 5.84. The second kappa shape index (κ2) is 5.78. The van der Waals surface area contributed by atoms with Gasteiger partial charge in [0, 0.05) is 12.1 Å². The minimum atomic E-state index is -4.27. The Hall–Kier alpha value is -1.29. The van der Waals surface area contributed by atoms with Crippen LogP contribution in [0.4, 0.5) is 13.2 Å². The standard InChI is InChI=1S/C15H18F3N/c1-11(19-14-8-3-2-4-9-14)12-6-5-7-13(10-12)15(16,17)18/h2-3,5-7,10-11,14,19H,4,8-9H2,1H3. The van der Waals surface area contributed by atoms with Gasteiger partial charge in [-0.25, -0.2) is 0 Å². The first-order valence-corrected chi connectivity index (χ1v) is 6.55. The lowest BCUT2D eigenvalue weighted by molar-refractivity contribution is -0.137. The van der Waals surface area contributed by atoms with E-state index in [0.717, 1.165) is 25.3 Å². The van der Waals surface area contributed by atoms with E-state index in [0.29, 0.717) is 11.6 Å². The highest BCUT2D eigenvalue weighted by Crippen LogP contribution is 2.31. The summed E-state index contributed by atoms with van der Waals surface area (Å²) in [6.07, 6.45) is 3.02. The lowest BCUT2D eigenvalue weighted by Crippen LogP contribution is -2.32. The monoisotopic (exact) mass is 269 g/mol. The first-order valence-electron chi connectivity index (χ1n) is 6.55. The van der Waals surface area contributed by atoms with Gasteiger partial charge in [-0.3, -0.25) is 0 Å². The van der Waals surface area contributed by atoms with Crippen LogP contribution in [0, 0.1) is 0 Å². The fourth-order valence-electron chi connectivity index (χ4n) is 2.38. The summed E-state index contributed by atoms with van der Waals surface area (Å²) in [4.78, 5) is 0. The molecule has 0 saturated carbocycles. The first-order chi connectivity index (χ1) is 8.97. The largest absolute Gasteiger partial charge is 0.416 e. The summed E-state index contributed by atoms with van der Waals surface area (Å²) in [6.45, 7) is 1.91. The maximum atomic E-state index is 12.7. The zero-order valence-electron chi connectivity index (χ0n) is 10.9. The Morgan fingerprint density at radius 1 is 1.26 bits per heavy atom. The summed E-state index contributed by atoms with van der Waals surface area (Å²) < 4.78 is 38.0. The number of halogens is 3. The van der Waals surface area contributed by atoms with Gasteiger partial charge in [0.05, 0.1) is 5.56 Å². The predicted octanol–water partition coefficient (Wildman–Crippen LogP) is 4.46. The number of alkyl halides is 3. The van der Waals surface area contributed by atoms with E-state index in [9.17, 15) is 13.2 Å². The van der Waals surface area contributed by atoms with Gasteiger partial charge in [-0.1, -0.05) is 24.3 Å². The Morgan fingerprint density at radius 2 is 2.05 bits per heavy atom. The number of benzene rings is 1. The molecular formula is C15H18F3N. The van der Waals surface area contributed by atoms with E-state index in [-0.39, 0.29) is 6.04 Å². The van der Waals surface area contributed by atoms with E-state index in [2.05, 4.69) is 17.5 Å². The maximum Gasteiger partial charge on any atom is 0.416 e. The smallest absolute Gasteiger partial charge is 0.307 e. The molecule has 0 spiro atoms. The van der Waals surface area contributed by atoms with Crippen molar-refractivity contribution < 1.29 is 13.2 Å². The Balaban J connectivity index is 2.06. The van der Waals surface area contributed by atoms with Crippen molar-refractivity contribution in [2.45, 2.75) is 44.4 Å². The number of rotatable bonds is 3. The van der Waals surface area contributed by atoms with E-state index in [1.807, 2.05) is 6.92 Å². The SMILES string of the molecule is CC(NC1CC=CCC1)c1cccc(C(F)(F)F)c1. The molecule has 4 heteroatoms. The molecule has 2 unspecified atom stereocenters. The van der Waals surface area contributed by atoms with E-state index < -0.39 is 11.7 Å². The summed E-state index contributed by atoms with van der Waals surface area (Å²) in [5.41, 5.74) is 0.103. The van der Waals surface area contributed by atoms with Crippen LogP contribution < -0.4 is 5.32 Å². The van der Waals surface area contributed by atoms with Crippen molar-refractivity contribution in [2.75, 3.05) is 0 Å². The zero-order valence-corrected chi connectivity index (χ0v) is 10.9. The maximum absolute atomic E-state index is 12.7. The van der Waals surface area contributed by atoms with Gasteiger partial charge in [-0.15, -0.1) is 0 Å². The molecule has 0 amide bonds. The average molecular weight is 269 g/mol. The molecule has 0 bridgehead atoms. The number of hydrogen-bond donors (Lipinski definition) is 1. The molecule has 1 aliphatic rings. The molecule has 1 aromatic carbocycles. The minimum absolute atomic E-state index is 0.0706. The summed E-state index contributed by atoms with van der Waals surface area (Å²) in [7, 11) is 0. The number of nitrogens with one attached hydrogen (secondary N) is 1. The third-order valence-corrected chi connectivity index (χ3v) is 3.47. The molecule has 2 rings (SSSR count). The van der Waals surface area contributed by atoms with Crippen LogP contribution in [0.5, 0.6) is 0 Å². The molecule has 0 aliphatic heterocycles. The Bertz CT molecular complexity index is 451. The third-order valence-electron chi connectivity index (χ3n) is 3.47. The molecule has 0 aromatic heterocycles.